The average molecular weight is 299 g/mol. The normalized spacial score (nSPS) is 21.3. The lowest BCUT2D eigenvalue weighted by atomic mass is 9.76. The van der Waals surface area contributed by atoms with Crippen molar-refractivity contribution in [1.29, 1.82) is 0 Å². The molecule has 108 valence electrons. The molecular weight excluding hydrogens is 285 g/mol. The summed E-state index contributed by atoms with van der Waals surface area (Å²) in [5, 5.41) is 0.156. The molecule has 0 N–H and O–H groups in total. The van der Waals surface area contributed by atoms with Crippen molar-refractivity contribution >= 4 is 23.4 Å². The highest BCUT2D eigenvalue weighted by Gasteiger charge is 2.43. The topological polar surface area (TPSA) is 43.4 Å². The van der Waals surface area contributed by atoms with E-state index in [2.05, 4.69) is 4.74 Å². The quantitative estimate of drug-likeness (QED) is 0.734. The molecule has 0 aromatic rings. The van der Waals surface area contributed by atoms with E-state index in [0.29, 0.717) is 6.42 Å². The van der Waals surface area contributed by atoms with Crippen molar-refractivity contribution in [2.45, 2.75) is 45.9 Å². The van der Waals surface area contributed by atoms with Gasteiger partial charge in [-0.1, -0.05) is 25.4 Å². The van der Waals surface area contributed by atoms with Crippen LogP contribution in [-0.4, -0.2) is 24.0 Å². The van der Waals surface area contributed by atoms with Crippen molar-refractivity contribution < 1.29 is 27.5 Å². The van der Waals surface area contributed by atoms with Crippen molar-refractivity contribution in [3.63, 3.8) is 0 Å². The first-order valence-electron chi connectivity index (χ1n) is 5.63. The van der Waals surface area contributed by atoms with Crippen LogP contribution < -0.4 is 0 Å². The zero-order valence-electron chi connectivity index (χ0n) is 10.7. The van der Waals surface area contributed by atoms with Crippen molar-refractivity contribution in [2.75, 3.05) is 0 Å². The lowest BCUT2D eigenvalue weighted by Gasteiger charge is -2.31. The van der Waals surface area contributed by atoms with Gasteiger partial charge in [0.2, 0.25) is 0 Å². The molecule has 3 nitrogen and oxygen atoms in total. The van der Waals surface area contributed by atoms with Gasteiger partial charge in [0, 0.05) is 17.0 Å². The molecule has 1 aliphatic rings. The number of hydrogen-bond donors (Lipinski definition) is 0. The van der Waals surface area contributed by atoms with Crippen LogP contribution in [-0.2, 0) is 14.3 Å². The number of ketones is 1. The minimum Gasteiger partial charge on any atom is -0.451 e. The number of hydrogen-bond acceptors (Lipinski definition) is 3. The van der Waals surface area contributed by atoms with E-state index in [1.807, 2.05) is 13.8 Å². The van der Waals surface area contributed by atoms with Gasteiger partial charge in [0.15, 0.2) is 5.78 Å². The molecule has 0 bridgehead atoms. The van der Waals surface area contributed by atoms with Gasteiger partial charge in [-0.05, 0) is 18.8 Å². The van der Waals surface area contributed by atoms with Gasteiger partial charge in [-0.25, -0.2) is 4.79 Å². The molecule has 0 saturated heterocycles. The van der Waals surface area contributed by atoms with Gasteiger partial charge < -0.3 is 4.74 Å². The number of ether oxygens (including phenoxy) is 1. The molecule has 1 atom stereocenters. The highest BCUT2D eigenvalue weighted by Crippen LogP contribution is 2.40. The minimum atomic E-state index is -5.09. The van der Waals surface area contributed by atoms with Crippen LogP contribution in [0.4, 0.5) is 13.2 Å². The lowest BCUT2D eigenvalue weighted by molar-refractivity contribution is -0.202. The third kappa shape index (κ3) is 3.96. The van der Waals surface area contributed by atoms with E-state index in [-0.39, 0.29) is 28.2 Å². The van der Waals surface area contributed by atoms with Crippen LogP contribution in [0.3, 0.4) is 0 Å². The number of allylic oxidation sites excluding steroid dienone is 1. The first kappa shape index (κ1) is 16.0. The number of Topliss-reactive ketones (excluding diaryl/α,β-unsaturated/α-hetero) is 1. The second-order valence-electron chi connectivity index (χ2n) is 5.30. The summed E-state index contributed by atoms with van der Waals surface area (Å²) in [6, 6.07) is 0. The van der Waals surface area contributed by atoms with Gasteiger partial charge in [-0.2, -0.15) is 13.2 Å². The molecule has 0 amide bonds. The number of alkyl halides is 3. The molecule has 0 aromatic heterocycles. The van der Waals surface area contributed by atoms with E-state index in [1.54, 1.807) is 0 Å². The molecule has 19 heavy (non-hydrogen) atoms. The summed E-state index contributed by atoms with van der Waals surface area (Å²) in [5.41, 5.74) is -0.385. The molecule has 1 unspecified atom stereocenters. The summed E-state index contributed by atoms with van der Waals surface area (Å²) in [5.74, 6) is -2.71. The summed E-state index contributed by atoms with van der Waals surface area (Å²) in [7, 11) is 0. The van der Waals surface area contributed by atoms with E-state index in [0.717, 1.165) is 0 Å². The largest absolute Gasteiger partial charge is 0.490 e. The summed E-state index contributed by atoms with van der Waals surface area (Å²) in [6.45, 7) is 4.87. The Morgan fingerprint density at radius 2 is 1.89 bits per heavy atom. The monoisotopic (exact) mass is 298 g/mol. The number of rotatable bonds is 2. The molecule has 0 fully saturated rings. The van der Waals surface area contributed by atoms with Crippen LogP contribution in [0.1, 0.15) is 33.6 Å². The predicted octanol–water partition coefficient (Wildman–Crippen LogP) is 3.36. The molecule has 7 heteroatoms. The highest BCUT2D eigenvalue weighted by atomic mass is 35.5. The first-order chi connectivity index (χ1) is 8.44. The Morgan fingerprint density at radius 3 is 2.32 bits per heavy atom. The van der Waals surface area contributed by atoms with E-state index in [9.17, 15) is 22.8 Å². The number of carbonyl (C=O) groups excluding carboxylic acids is 2. The van der Waals surface area contributed by atoms with Gasteiger partial charge in [0.05, 0.1) is 0 Å². The highest BCUT2D eigenvalue weighted by molar-refractivity contribution is 6.32. The fourth-order valence-electron chi connectivity index (χ4n) is 1.99. The van der Waals surface area contributed by atoms with Crippen LogP contribution in [0.15, 0.2) is 10.6 Å². The van der Waals surface area contributed by atoms with Crippen LogP contribution in [0.25, 0.3) is 0 Å². The summed E-state index contributed by atoms with van der Waals surface area (Å²) in [6.07, 6.45) is -5.86. The number of carbonyl (C=O) groups is 2. The van der Waals surface area contributed by atoms with Gasteiger partial charge >= 0.3 is 12.1 Å². The minimum absolute atomic E-state index is 0.0430. The van der Waals surface area contributed by atoms with Crippen LogP contribution in [0.2, 0.25) is 0 Å². The van der Waals surface area contributed by atoms with Crippen molar-refractivity contribution in [2.24, 2.45) is 5.41 Å². The predicted molar refractivity (Wildman–Crippen MR) is 62.5 cm³/mol. The molecule has 0 heterocycles. The van der Waals surface area contributed by atoms with Crippen LogP contribution in [0, 0.1) is 5.41 Å². The summed E-state index contributed by atoms with van der Waals surface area (Å²) >= 11 is 5.94. The third-order valence-electron chi connectivity index (χ3n) is 2.79. The van der Waals surface area contributed by atoms with E-state index >= 15 is 0 Å². The summed E-state index contributed by atoms with van der Waals surface area (Å²) in [4.78, 5) is 22.6. The van der Waals surface area contributed by atoms with E-state index in [1.165, 1.54) is 6.92 Å². The Kier molecular flexibility index (Phi) is 4.34. The van der Waals surface area contributed by atoms with Crippen LogP contribution in [0.5, 0.6) is 0 Å². The molecule has 1 aliphatic carbocycles. The Labute approximate surface area is 113 Å². The second-order valence-corrected chi connectivity index (χ2v) is 5.76. The van der Waals surface area contributed by atoms with Gasteiger partial charge in [0.25, 0.3) is 0 Å². The molecule has 0 aliphatic heterocycles. The van der Waals surface area contributed by atoms with Crippen LogP contribution >= 0.6 is 11.6 Å². The van der Waals surface area contributed by atoms with Gasteiger partial charge in [-0.15, -0.1) is 0 Å². The molecular formula is C12H14ClF3O3. The smallest absolute Gasteiger partial charge is 0.451 e. The number of esters is 1. The molecule has 1 rings (SSSR count). The fraction of sp³-hybridized carbons (Fsp3) is 0.667. The molecule has 0 spiro atoms. The molecule has 0 saturated carbocycles. The average Bonchev–Trinajstić information content (AvgIpc) is 2.11. The maximum Gasteiger partial charge on any atom is 0.490 e. The molecule has 0 radical (unpaired) electrons. The first-order valence-corrected chi connectivity index (χ1v) is 6.01. The lowest BCUT2D eigenvalue weighted by Crippen LogP contribution is -2.34. The van der Waals surface area contributed by atoms with Crippen molar-refractivity contribution in [3.05, 3.63) is 10.6 Å². The van der Waals surface area contributed by atoms with E-state index < -0.39 is 18.2 Å². The maximum absolute atomic E-state index is 12.1. The second kappa shape index (κ2) is 5.15. The third-order valence-corrected chi connectivity index (χ3v) is 3.12. The molecule has 0 aromatic carbocycles. The Bertz CT molecular complexity index is 438. The van der Waals surface area contributed by atoms with Crippen molar-refractivity contribution in [1.82, 2.24) is 0 Å². The van der Waals surface area contributed by atoms with Gasteiger partial charge in [0.1, 0.15) is 6.10 Å². The van der Waals surface area contributed by atoms with Crippen molar-refractivity contribution in [3.8, 4) is 0 Å². The Hall–Kier alpha value is -1.04. The zero-order chi connectivity index (χ0) is 15.0. The Morgan fingerprint density at radius 1 is 1.37 bits per heavy atom. The van der Waals surface area contributed by atoms with E-state index in [4.69, 9.17) is 11.6 Å². The van der Waals surface area contributed by atoms with Gasteiger partial charge in [-0.3, -0.25) is 4.79 Å². The maximum atomic E-state index is 12.1. The zero-order valence-corrected chi connectivity index (χ0v) is 11.5. The number of halogens is 4. The fourth-order valence-corrected chi connectivity index (χ4v) is 2.61. The standard InChI is InChI=1S/C12H14ClF3O3/c1-6(19-10(18)12(14,15)16)9-7(13)4-11(2,3)5-8(9)17/h6H,4-5H2,1-3H3. The summed E-state index contributed by atoms with van der Waals surface area (Å²) < 4.78 is 40.5. The SMILES string of the molecule is CC(OC(=O)C(F)(F)F)C1=C(Cl)CC(C)(C)CC1=O. The Balaban J connectivity index is 2.91.